The van der Waals surface area contributed by atoms with Gasteiger partial charge in [-0.15, -0.1) is 0 Å². The Balaban J connectivity index is 1.96. The van der Waals surface area contributed by atoms with Gasteiger partial charge in [-0.1, -0.05) is 17.7 Å². The van der Waals surface area contributed by atoms with E-state index in [1.807, 2.05) is 20.8 Å². The van der Waals surface area contributed by atoms with Gasteiger partial charge in [0.1, 0.15) is 12.7 Å². The molecule has 2 rings (SSSR count). The summed E-state index contributed by atoms with van der Waals surface area (Å²) in [6.45, 7) is 9.24. The summed E-state index contributed by atoms with van der Waals surface area (Å²) < 4.78 is 10.9. The van der Waals surface area contributed by atoms with E-state index in [-0.39, 0.29) is 30.7 Å². The van der Waals surface area contributed by atoms with Crippen LogP contribution in [0.1, 0.15) is 34.1 Å². The highest BCUT2D eigenvalue weighted by Crippen LogP contribution is 2.31. The van der Waals surface area contributed by atoms with Gasteiger partial charge in [-0.25, -0.2) is 9.59 Å². The van der Waals surface area contributed by atoms with Crippen molar-refractivity contribution >= 4 is 11.9 Å². The summed E-state index contributed by atoms with van der Waals surface area (Å²) in [5.41, 5.74) is 2.54. The smallest absolute Gasteiger partial charge is 0.333 e. The fourth-order valence-electron chi connectivity index (χ4n) is 2.91. The SMILES string of the molecule is C/C=C(/C)C(=O)O[C@H]1CCN2CC=C(COC(=O)C=C(C)C)[C@@H]12. The van der Waals surface area contributed by atoms with E-state index in [1.54, 1.807) is 13.0 Å². The van der Waals surface area contributed by atoms with Gasteiger partial charge in [-0.2, -0.15) is 0 Å². The number of carbonyl (C=O) groups excluding carboxylic acids is 2. The van der Waals surface area contributed by atoms with Gasteiger partial charge in [0.15, 0.2) is 0 Å². The Kier molecular flexibility index (Phi) is 5.77. The molecular formula is C18H25NO4. The molecule has 0 unspecified atom stereocenters. The van der Waals surface area contributed by atoms with Gasteiger partial charge in [0.2, 0.25) is 0 Å². The highest BCUT2D eigenvalue weighted by atomic mass is 16.5. The minimum atomic E-state index is -0.333. The van der Waals surface area contributed by atoms with Crippen LogP contribution in [0, 0.1) is 0 Å². The lowest BCUT2D eigenvalue weighted by atomic mass is 10.0. The number of carbonyl (C=O) groups is 2. The largest absolute Gasteiger partial charge is 0.458 e. The van der Waals surface area contributed by atoms with E-state index in [9.17, 15) is 9.59 Å². The number of hydrogen-bond acceptors (Lipinski definition) is 5. The van der Waals surface area contributed by atoms with Crippen molar-refractivity contribution in [1.29, 1.82) is 0 Å². The summed E-state index contributed by atoms with van der Waals surface area (Å²) in [5.74, 6) is -0.604. The third-order valence-corrected chi connectivity index (χ3v) is 4.22. The van der Waals surface area contributed by atoms with Gasteiger partial charge < -0.3 is 9.47 Å². The van der Waals surface area contributed by atoms with Gasteiger partial charge in [0, 0.05) is 24.7 Å². The number of esters is 2. The molecule has 0 aromatic rings. The Morgan fingerprint density at radius 1 is 1.35 bits per heavy atom. The standard InChI is InChI=1S/C18H25NO4/c1-5-13(4)18(21)23-15-7-9-19-8-6-14(17(15)19)11-22-16(20)10-12(2)3/h5-6,10,15,17H,7-9,11H2,1-4H3/b13-5-/t15-,17-/m0/s1. The summed E-state index contributed by atoms with van der Waals surface area (Å²) >= 11 is 0. The quantitative estimate of drug-likeness (QED) is 0.442. The first-order valence-electron chi connectivity index (χ1n) is 8.01. The van der Waals surface area contributed by atoms with Crippen molar-refractivity contribution in [2.75, 3.05) is 19.7 Å². The molecule has 23 heavy (non-hydrogen) atoms. The van der Waals surface area contributed by atoms with E-state index in [1.165, 1.54) is 6.08 Å². The highest BCUT2D eigenvalue weighted by molar-refractivity contribution is 5.87. The van der Waals surface area contributed by atoms with E-state index < -0.39 is 0 Å². The normalized spacial score (nSPS) is 24.0. The zero-order chi connectivity index (χ0) is 17.0. The molecule has 0 radical (unpaired) electrons. The molecule has 0 bridgehead atoms. The maximum atomic E-state index is 12.0. The van der Waals surface area contributed by atoms with Crippen molar-refractivity contribution in [3.05, 3.63) is 34.9 Å². The van der Waals surface area contributed by atoms with E-state index in [4.69, 9.17) is 9.47 Å². The van der Waals surface area contributed by atoms with Crippen LogP contribution in [0.4, 0.5) is 0 Å². The van der Waals surface area contributed by atoms with Crippen molar-refractivity contribution in [1.82, 2.24) is 4.90 Å². The molecule has 2 aliphatic heterocycles. The third-order valence-electron chi connectivity index (χ3n) is 4.22. The van der Waals surface area contributed by atoms with Crippen molar-refractivity contribution in [3.8, 4) is 0 Å². The summed E-state index contributed by atoms with van der Waals surface area (Å²) in [7, 11) is 0. The fraction of sp³-hybridized carbons (Fsp3) is 0.556. The third kappa shape index (κ3) is 4.32. The number of fused-ring (bicyclic) bond motifs is 1. The predicted molar refractivity (Wildman–Crippen MR) is 87.8 cm³/mol. The molecule has 5 heteroatoms. The van der Waals surface area contributed by atoms with Crippen LogP contribution in [-0.4, -0.2) is 48.7 Å². The molecule has 2 atom stereocenters. The Bertz CT molecular complexity index is 570. The number of rotatable bonds is 5. The van der Waals surface area contributed by atoms with Gasteiger partial charge >= 0.3 is 11.9 Å². The molecule has 0 aromatic carbocycles. The van der Waals surface area contributed by atoms with E-state index in [0.717, 1.165) is 30.7 Å². The maximum absolute atomic E-state index is 12.0. The molecule has 0 aliphatic carbocycles. The van der Waals surface area contributed by atoms with Crippen molar-refractivity contribution < 1.29 is 19.1 Å². The zero-order valence-electron chi connectivity index (χ0n) is 14.3. The summed E-state index contributed by atoms with van der Waals surface area (Å²) in [6, 6.07) is 0.0307. The molecular weight excluding hydrogens is 294 g/mol. The Labute approximate surface area is 137 Å². The number of nitrogens with zero attached hydrogens (tertiary/aromatic N) is 1. The van der Waals surface area contributed by atoms with Crippen LogP contribution in [-0.2, 0) is 19.1 Å². The van der Waals surface area contributed by atoms with Crippen LogP contribution < -0.4 is 0 Å². The molecule has 1 fully saturated rings. The average Bonchev–Trinajstić information content (AvgIpc) is 3.06. The number of ether oxygens (including phenoxy) is 2. The van der Waals surface area contributed by atoms with E-state index >= 15 is 0 Å². The maximum Gasteiger partial charge on any atom is 0.333 e. The lowest BCUT2D eigenvalue weighted by Crippen LogP contribution is -2.36. The van der Waals surface area contributed by atoms with Crippen molar-refractivity contribution in [3.63, 3.8) is 0 Å². The zero-order valence-corrected chi connectivity index (χ0v) is 14.3. The summed E-state index contributed by atoms with van der Waals surface area (Å²) in [5, 5.41) is 0. The average molecular weight is 319 g/mol. The number of allylic oxidation sites excluding steroid dienone is 2. The predicted octanol–water partition coefficient (Wildman–Crippen LogP) is 2.39. The molecule has 1 saturated heterocycles. The van der Waals surface area contributed by atoms with Crippen LogP contribution in [0.5, 0.6) is 0 Å². The van der Waals surface area contributed by atoms with Gasteiger partial charge in [-0.05, 0) is 39.7 Å². The van der Waals surface area contributed by atoms with Crippen LogP contribution in [0.25, 0.3) is 0 Å². The molecule has 0 saturated carbocycles. The first-order valence-corrected chi connectivity index (χ1v) is 8.01. The Morgan fingerprint density at radius 2 is 2.09 bits per heavy atom. The van der Waals surface area contributed by atoms with Crippen molar-refractivity contribution in [2.24, 2.45) is 0 Å². The van der Waals surface area contributed by atoms with Gasteiger partial charge in [-0.3, -0.25) is 4.90 Å². The number of hydrogen-bond donors (Lipinski definition) is 0. The van der Waals surface area contributed by atoms with Crippen LogP contribution >= 0.6 is 0 Å². The first-order chi connectivity index (χ1) is 10.9. The summed E-state index contributed by atoms with van der Waals surface area (Å²) in [6.07, 6.45) is 5.94. The highest BCUT2D eigenvalue weighted by Gasteiger charge is 2.41. The van der Waals surface area contributed by atoms with E-state index in [0.29, 0.717) is 5.57 Å². The summed E-state index contributed by atoms with van der Waals surface area (Å²) in [4.78, 5) is 25.9. The Hall–Kier alpha value is -1.88. The van der Waals surface area contributed by atoms with Crippen LogP contribution in [0.2, 0.25) is 0 Å². The lowest BCUT2D eigenvalue weighted by Gasteiger charge is -2.24. The van der Waals surface area contributed by atoms with Crippen LogP contribution in [0.15, 0.2) is 34.9 Å². The van der Waals surface area contributed by atoms with Crippen molar-refractivity contribution in [2.45, 2.75) is 46.3 Å². The minimum absolute atomic E-state index is 0.0307. The molecule has 2 heterocycles. The molecule has 0 amide bonds. The van der Waals surface area contributed by atoms with E-state index in [2.05, 4.69) is 11.0 Å². The molecule has 0 aromatic heterocycles. The second-order valence-corrected chi connectivity index (χ2v) is 6.25. The molecule has 0 N–H and O–H groups in total. The van der Waals surface area contributed by atoms with Gasteiger partial charge in [0.25, 0.3) is 0 Å². The van der Waals surface area contributed by atoms with Gasteiger partial charge in [0.05, 0.1) is 6.04 Å². The Morgan fingerprint density at radius 3 is 2.74 bits per heavy atom. The minimum Gasteiger partial charge on any atom is -0.458 e. The molecule has 0 spiro atoms. The topological polar surface area (TPSA) is 55.8 Å². The van der Waals surface area contributed by atoms with Crippen LogP contribution in [0.3, 0.4) is 0 Å². The molecule has 5 nitrogen and oxygen atoms in total. The fourth-order valence-corrected chi connectivity index (χ4v) is 2.91. The second-order valence-electron chi connectivity index (χ2n) is 6.25. The first kappa shape index (κ1) is 17.5. The second kappa shape index (κ2) is 7.59. The molecule has 2 aliphatic rings. The lowest BCUT2D eigenvalue weighted by molar-refractivity contribution is -0.145. The molecule has 126 valence electrons. The monoisotopic (exact) mass is 319 g/mol.